The molecule has 0 aliphatic carbocycles. The van der Waals surface area contributed by atoms with E-state index in [0.29, 0.717) is 18.2 Å². The van der Waals surface area contributed by atoms with Crippen LogP contribution in [-0.2, 0) is 14.3 Å². The fourth-order valence-electron chi connectivity index (χ4n) is 3.15. The zero-order chi connectivity index (χ0) is 18.7. The van der Waals surface area contributed by atoms with E-state index < -0.39 is 18.2 Å². The van der Waals surface area contributed by atoms with Crippen LogP contribution in [0.4, 0.5) is 0 Å². The molecule has 6 nitrogen and oxygen atoms in total. The molecule has 0 bridgehead atoms. The third kappa shape index (κ3) is 4.72. The number of hydrogen-bond donors (Lipinski definition) is 1. The highest BCUT2D eigenvalue weighted by Gasteiger charge is 2.34. The Labute approximate surface area is 148 Å². The molecule has 1 heterocycles. The summed E-state index contributed by atoms with van der Waals surface area (Å²) in [6.07, 6.45) is -2.00. The molecule has 1 saturated heterocycles. The largest absolute Gasteiger partial charge is 0.481 e. The van der Waals surface area contributed by atoms with Crippen molar-refractivity contribution in [3.63, 3.8) is 0 Å². The molecule has 138 valence electrons. The maximum absolute atomic E-state index is 12.6. The molecule has 1 aliphatic rings. The summed E-state index contributed by atoms with van der Waals surface area (Å²) in [5.41, 5.74) is 2.37. The summed E-state index contributed by atoms with van der Waals surface area (Å²) in [5, 5.41) is 9.14. The molecule has 0 radical (unpaired) electrons. The Morgan fingerprint density at radius 3 is 2.52 bits per heavy atom. The summed E-state index contributed by atoms with van der Waals surface area (Å²) in [4.78, 5) is 25.3. The van der Waals surface area contributed by atoms with Gasteiger partial charge in [0, 0.05) is 6.54 Å². The maximum atomic E-state index is 12.6. The SMILES string of the molecule is Cc1cc(OC(C)C(=O)N2CC(C(=O)O)O[C@H](C)C2)ccc1C(C)C. The molecule has 3 atom stereocenters. The molecule has 6 heteroatoms. The highest BCUT2D eigenvalue weighted by molar-refractivity contribution is 5.82. The van der Waals surface area contributed by atoms with Gasteiger partial charge < -0.3 is 19.5 Å². The van der Waals surface area contributed by atoms with Crippen LogP contribution in [-0.4, -0.2) is 53.3 Å². The number of aliphatic carboxylic acids is 1. The van der Waals surface area contributed by atoms with Gasteiger partial charge in [0.1, 0.15) is 5.75 Å². The molecular formula is C19H27NO5. The molecular weight excluding hydrogens is 322 g/mol. The van der Waals surface area contributed by atoms with Crippen LogP contribution in [0.25, 0.3) is 0 Å². The zero-order valence-electron chi connectivity index (χ0n) is 15.5. The molecule has 2 rings (SSSR count). The Morgan fingerprint density at radius 1 is 1.28 bits per heavy atom. The van der Waals surface area contributed by atoms with Gasteiger partial charge in [-0.2, -0.15) is 0 Å². The van der Waals surface area contributed by atoms with Gasteiger partial charge in [-0.05, 0) is 49.9 Å². The van der Waals surface area contributed by atoms with Crippen LogP contribution in [0.1, 0.15) is 44.7 Å². The highest BCUT2D eigenvalue weighted by atomic mass is 16.5. The minimum absolute atomic E-state index is 0.0392. The molecule has 0 aromatic heterocycles. The van der Waals surface area contributed by atoms with Crippen molar-refractivity contribution >= 4 is 11.9 Å². The summed E-state index contributed by atoms with van der Waals surface area (Å²) in [5.74, 6) is -0.223. The van der Waals surface area contributed by atoms with Crippen LogP contribution in [0.3, 0.4) is 0 Å². The topological polar surface area (TPSA) is 76.1 Å². The van der Waals surface area contributed by atoms with Crippen molar-refractivity contribution in [3.8, 4) is 5.75 Å². The molecule has 0 saturated carbocycles. The highest BCUT2D eigenvalue weighted by Crippen LogP contribution is 2.24. The first-order valence-corrected chi connectivity index (χ1v) is 8.63. The zero-order valence-corrected chi connectivity index (χ0v) is 15.5. The number of carboxylic acids is 1. The Morgan fingerprint density at radius 2 is 1.96 bits per heavy atom. The van der Waals surface area contributed by atoms with E-state index in [2.05, 4.69) is 13.8 Å². The van der Waals surface area contributed by atoms with Crippen LogP contribution < -0.4 is 4.74 Å². The number of carboxylic acid groups (broad SMARTS) is 1. The van der Waals surface area contributed by atoms with Crippen molar-refractivity contribution in [1.82, 2.24) is 4.90 Å². The number of carbonyl (C=O) groups excluding carboxylic acids is 1. The number of hydrogen-bond acceptors (Lipinski definition) is 4. The van der Waals surface area contributed by atoms with Gasteiger partial charge in [0.25, 0.3) is 5.91 Å². The van der Waals surface area contributed by atoms with E-state index in [1.165, 1.54) is 10.5 Å². The molecule has 2 unspecified atom stereocenters. The molecule has 1 aliphatic heterocycles. The lowest BCUT2D eigenvalue weighted by Gasteiger charge is -2.36. The van der Waals surface area contributed by atoms with Crippen LogP contribution in [0.5, 0.6) is 5.75 Å². The predicted molar refractivity (Wildman–Crippen MR) is 93.9 cm³/mol. The fourth-order valence-corrected chi connectivity index (χ4v) is 3.15. The second-order valence-corrected chi connectivity index (χ2v) is 6.95. The summed E-state index contributed by atoms with van der Waals surface area (Å²) >= 11 is 0. The van der Waals surface area contributed by atoms with E-state index in [0.717, 1.165) is 5.56 Å². The summed E-state index contributed by atoms with van der Waals surface area (Å²) < 4.78 is 11.1. The van der Waals surface area contributed by atoms with Gasteiger partial charge in [-0.3, -0.25) is 4.79 Å². The Bertz CT molecular complexity index is 643. The number of rotatable bonds is 5. The lowest BCUT2D eigenvalue weighted by molar-refractivity contribution is -0.168. The minimum Gasteiger partial charge on any atom is -0.481 e. The third-order valence-electron chi connectivity index (χ3n) is 4.37. The Balaban J connectivity index is 2.04. The minimum atomic E-state index is -1.06. The number of ether oxygens (including phenoxy) is 2. The number of aryl methyl sites for hydroxylation is 1. The number of nitrogens with zero attached hydrogens (tertiary/aromatic N) is 1. The van der Waals surface area contributed by atoms with E-state index in [1.54, 1.807) is 13.8 Å². The van der Waals surface area contributed by atoms with Gasteiger partial charge in [0.15, 0.2) is 12.2 Å². The maximum Gasteiger partial charge on any atom is 0.334 e. The first kappa shape index (κ1) is 19.2. The first-order valence-electron chi connectivity index (χ1n) is 8.63. The monoisotopic (exact) mass is 349 g/mol. The summed E-state index contributed by atoms with van der Waals surface area (Å²) in [7, 11) is 0. The number of benzene rings is 1. The smallest absolute Gasteiger partial charge is 0.334 e. The Kier molecular flexibility index (Phi) is 6.06. The average Bonchev–Trinajstić information content (AvgIpc) is 2.53. The number of carbonyl (C=O) groups is 2. The van der Waals surface area contributed by atoms with Crippen LogP contribution in [0.2, 0.25) is 0 Å². The van der Waals surface area contributed by atoms with E-state index in [4.69, 9.17) is 14.6 Å². The number of amides is 1. The Hall–Kier alpha value is -2.08. The molecule has 1 aromatic rings. The second-order valence-electron chi connectivity index (χ2n) is 6.95. The van der Waals surface area contributed by atoms with Gasteiger partial charge >= 0.3 is 5.97 Å². The van der Waals surface area contributed by atoms with Gasteiger partial charge in [-0.25, -0.2) is 4.79 Å². The fraction of sp³-hybridized carbons (Fsp3) is 0.579. The van der Waals surface area contributed by atoms with Crippen molar-refractivity contribution in [2.24, 2.45) is 0 Å². The molecule has 1 fully saturated rings. The lowest BCUT2D eigenvalue weighted by atomic mass is 9.98. The van der Waals surface area contributed by atoms with Crippen molar-refractivity contribution in [2.45, 2.75) is 58.8 Å². The van der Waals surface area contributed by atoms with E-state index in [9.17, 15) is 9.59 Å². The molecule has 1 N–H and O–H groups in total. The first-order chi connectivity index (χ1) is 11.7. The van der Waals surface area contributed by atoms with Crippen LogP contribution in [0.15, 0.2) is 18.2 Å². The third-order valence-corrected chi connectivity index (χ3v) is 4.37. The van der Waals surface area contributed by atoms with Crippen molar-refractivity contribution < 1.29 is 24.2 Å². The summed E-state index contributed by atoms with van der Waals surface area (Å²) in [6, 6.07) is 5.82. The van der Waals surface area contributed by atoms with Crippen LogP contribution in [0, 0.1) is 6.92 Å². The van der Waals surface area contributed by atoms with E-state index in [1.807, 2.05) is 25.1 Å². The average molecular weight is 349 g/mol. The summed E-state index contributed by atoms with van der Waals surface area (Å²) in [6.45, 7) is 10.1. The van der Waals surface area contributed by atoms with Gasteiger partial charge in [0.2, 0.25) is 0 Å². The second kappa shape index (κ2) is 7.87. The number of morpholine rings is 1. The predicted octanol–water partition coefficient (Wildman–Crippen LogP) is 2.59. The molecule has 1 amide bonds. The quantitative estimate of drug-likeness (QED) is 0.884. The molecule has 25 heavy (non-hydrogen) atoms. The van der Waals surface area contributed by atoms with Crippen molar-refractivity contribution in [2.75, 3.05) is 13.1 Å². The van der Waals surface area contributed by atoms with E-state index in [-0.39, 0.29) is 18.6 Å². The standard InChI is InChI=1S/C19H27NO5/c1-11(2)16-7-6-15(8-12(16)3)25-14(5)18(21)20-9-13(4)24-17(10-20)19(22)23/h6-8,11,13-14,17H,9-10H2,1-5H3,(H,22,23)/t13-,14?,17?/m1/s1. The van der Waals surface area contributed by atoms with Gasteiger partial charge in [0.05, 0.1) is 12.6 Å². The van der Waals surface area contributed by atoms with Crippen LogP contribution >= 0.6 is 0 Å². The molecule has 0 spiro atoms. The van der Waals surface area contributed by atoms with Crippen molar-refractivity contribution in [1.29, 1.82) is 0 Å². The molecule has 1 aromatic carbocycles. The van der Waals surface area contributed by atoms with Gasteiger partial charge in [-0.1, -0.05) is 19.9 Å². The lowest BCUT2D eigenvalue weighted by Crippen LogP contribution is -2.54. The van der Waals surface area contributed by atoms with E-state index >= 15 is 0 Å². The van der Waals surface area contributed by atoms with Crippen molar-refractivity contribution in [3.05, 3.63) is 29.3 Å². The normalized spacial score (nSPS) is 21.9. The van der Waals surface area contributed by atoms with Gasteiger partial charge in [-0.15, -0.1) is 0 Å².